The van der Waals surface area contributed by atoms with E-state index >= 15 is 0 Å². The second kappa shape index (κ2) is 6.35. The Balaban J connectivity index is 1.96. The zero-order chi connectivity index (χ0) is 13.9. The largest absolute Gasteiger partial charge is 0.327 e. The normalized spacial score (nSPS) is 19.6. The summed E-state index contributed by atoms with van der Waals surface area (Å²) in [6.45, 7) is 0.914. The average Bonchev–Trinajstić information content (AvgIpc) is 2.78. The quantitative estimate of drug-likeness (QED) is 0.786. The molecule has 1 unspecified atom stereocenters. The van der Waals surface area contributed by atoms with Gasteiger partial charge in [-0.15, -0.1) is 11.6 Å². The lowest BCUT2D eigenvalue weighted by molar-refractivity contribution is 0.576. The number of aromatic nitrogens is 2. The van der Waals surface area contributed by atoms with Crippen molar-refractivity contribution in [3.8, 4) is 0 Å². The fourth-order valence-corrected chi connectivity index (χ4v) is 4.24. The minimum Gasteiger partial charge on any atom is -0.327 e. The van der Waals surface area contributed by atoms with E-state index in [4.69, 9.17) is 11.6 Å². The van der Waals surface area contributed by atoms with Crippen molar-refractivity contribution in [2.75, 3.05) is 11.6 Å². The van der Waals surface area contributed by atoms with E-state index in [9.17, 15) is 4.39 Å². The molecule has 108 valence electrons. The van der Waals surface area contributed by atoms with Gasteiger partial charge in [0.1, 0.15) is 11.6 Å². The number of nitrogens with zero attached hydrogens (tertiary/aromatic N) is 2. The lowest BCUT2D eigenvalue weighted by Crippen LogP contribution is -2.18. The lowest BCUT2D eigenvalue weighted by atomic mass is 10.2. The summed E-state index contributed by atoms with van der Waals surface area (Å²) in [5.41, 5.74) is 1.77. The third-order valence-corrected chi connectivity index (χ3v) is 5.34. The third kappa shape index (κ3) is 2.96. The van der Waals surface area contributed by atoms with Crippen LogP contribution in [0.1, 0.15) is 25.1 Å². The molecule has 2 nitrogen and oxygen atoms in total. The Morgan fingerprint density at radius 3 is 3.05 bits per heavy atom. The number of halogens is 2. The van der Waals surface area contributed by atoms with Gasteiger partial charge in [0.05, 0.1) is 11.0 Å². The van der Waals surface area contributed by atoms with Crippen LogP contribution in [0.15, 0.2) is 18.2 Å². The Morgan fingerprint density at radius 1 is 1.40 bits per heavy atom. The van der Waals surface area contributed by atoms with Gasteiger partial charge in [-0.05, 0) is 36.8 Å². The molecule has 3 rings (SSSR count). The van der Waals surface area contributed by atoms with Crippen molar-refractivity contribution in [1.29, 1.82) is 0 Å². The minimum atomic E-state index is -0.202. The number of rotatable bonds is 4. The number of fused-ring (bicyclic) bond motifs is 1. The molecular formula is C15H18ClFN2S. The Morgan fingerprint density at radius 2 is 2.30 bits per heavy atom. The molecule has 2 aromatic rings. The van der Waals surface area contributed by atoms with Crippen molar-refractivity contribution in [1.82, 2.24) is 9.55 Å². The fourth-order valence-electron chi connectivity index (χ4n) is 2.78. The molecule has 1 aliphatic rings. The average molecular weight is 313 g/mol. The molecule has 0 saturated carbocycles. The molecule has 0 spiro atoms. The second-order valence-electron chi connectivity index (χ2n) is 5.20. The van der Waals surface area contributed by atoms with Gasteiger partial charge < -0.3 is 4.57 Å². The first kappa shape index (κ1) is 14.2. The zero-order valence-corrected chi connectivity index (χ0v) is 12.9. The molecule has 1 saturated heterocycles. The molecule has 5 heteroatoms. The van der Waals surface area contributed by atoms with E-state index in [-0.39, 0.29) is 5.82 Å². The monoisotopic (exact) mass is 312 g/mol. The summed E-state index contributed by atoms with van der Waals surface area (Å²) in [7, 11) is 0. The summed E-state index contributed by atoms with van der Waals surface area (Å²) < 4.78 is 15.7. The Bertz CT molecular complexity index is 593. The zero-order valence-electron chi connectivity index (χ0n) is 11.3. The highest BCUT2D eigenvalue weighted by atomic mass is 35.5. The predicted octanol–water partition coefficient (Wildman–Crippen LogP) is 4.24. The highest BCUT2D eigenvalue weighted by Gasteiger charge is 2.18. The van der Waals surface area contributed by atoms with Crippen molar-refractivity contribution in [3.05, 3.63) is 29.8 Å². The first-order valence-corrected chi connectivity index (χ1v) is 8.68. The molecule has 1 atom stereocenters. The van der Waals surface area contributed by atoms with Crippen LogP contribution in [-0.2, 0) is 13.0 Å². The summed E-state index contributed by atoms with van der Waals surface area (Å²) in [5, 5.41) is 0.610. The number of thioether (sulfide) groups is 1. The Labute approximate surface area is 127 Å². The van der Waals surface area contributed by atoms with Crippen molar-refractivity contribution < 1.29 is 4.39 Å². The standard InChI is InChI=1S/C15H18ClFN2S/c16-7-6-15-18-13-5-4-11(17)9-14(13)19(15)10-12-3-1-2-8-20-12/h4-5,9,12H,1-3,6-8,10H2. The highest BCUT2D eigenvalue weighted by Crippen LogP contribution is 2.28. The van der Waals surface area contributed by atoms with Crippen molar-refractivity contribution in [2.45, 2.75) is 37.5 Å². The van der Waals surface area contributed by atoms with E-state index in [0.29, 0.717) is 11.1 Å². The number of alkyl halides is 1. The molecule has 0 amide bonds. The smallest absolute Gasteiger partial charge is 0.125 e. The lowest BCUT2D eigenvalue weighted by Gasteiger charge is -2.22. The second-order valence-corrected chi connectivity index (χ2v) is 6.99. The molecule has 0 bridgehead atoms. The number of imidazole rings is 1. The number of hydrogen-bond acceptors (Lipinski definition) is 2. The topological polar surface area (TPSA) is 17.8 Å². The van der Waals surface area contributed by atoms with Crippen LogP contribution in [0.3, 0.4) is 0 Å². The number of benzene rings is 1. The molecule has 1 fully saturated rings. The summed E-state index contributed by atoms with van der Waals surface area (Å²) in [5.74, 6) is 2.55. The van der Waals surface area contributed by atoms with Crippen molar-refractivity contribution in [3.63, 3.8) is 0 Å². The van der Waals surface area contributed by atoms with Crippen LogP contribution in [0.25, 0.3) is 11.0 Å². The highest BCUT2D eigenvalue weighted by molar-refractivity contribution is 7.99. The molecule has 0 aliphatic carbocycles. The maximum absolute atomic E-state index is 13.5. The van der Waals surface area contributed by atoms with Crippen LogP contribution in [0.2, 0.25) is 0 Å². The molecular weight excluding hydrogens is 295 g/mol. The van der Waals surface area contributed by atoms with Gasteiger partial charge in [-0.3, -0.25) is 0 Å². The van der Waals surface area contributed by atoms with Gasteiger partial charge in [0, 0.05) is 24.1 Å². The maximum atomic E-state index is 13.5. The first-order chi connectivity index (χ1) is 9.78. The molecule has 20 heavy (non-hydrogen) atoms. The van der Waals surface area contributed by atoms with E-state index in [1.54, 1.807) is 12.1 Å². The van der Waals surface area contributed by atoms with Crippen LogP contribution in [0, 0.1) is 5.82 Å². The summed E-state index contributed by atoms with van der Waals surface area (Å²) >= 11 is 7.90. The van der Waals surface area contributed by atoms with Crippen LogP contribution >= 0.6 is 23.4 Å². The number of hydrogen-bond donors (Lipinski definition) is 0. The van der Waals surface area contributed by atoms with E-state index in [1.165, 1.54) is 31.1 Å². The first-order valence-electron chi connectivity index (χ1n) is 7.10. The van der Waals surface area contributed by atoms with E-state index in [2.05, 4.69) is 9.55 Å². The Hall–Kier alpha value is -0.740. The molecule has 1 aromatic carbocycles. The van der Waals surface area contributed by atoms with Crippen LogP contribution in [-0.4, -0.2) is 26.4 Å². The SMILES string of the molecule is Fc1ccc2nc(CCCl)n(CC3CCCCS3)c2c1. The molecule has 1 aliphatic heterocycles. The van der Waals surface area contributed by atoms with E-state index in [0.717, 1.165) is 29.8 Å². The summed E-state index contributed by atoms with van der Waals surface area (Å²) in [6.07, 6.45) is 4.58. The van der Waals surface area contributed by atoms with Crippen molar-refractivity contribution >= 4 is 34.4 Å². The molecule has 0 N–H and O–H groups in total. The van der Waals surface area contributed by atoms with Gasteiger partial charge in [-0.25, -0.2) is 9.37 Å². The fraction of sp³-hybridized carbons (Fsp3) is 0.533. The van der Waals surface area contributed by atoms with Crippen LogP contribution in [0.4, 0.5) is 4.39 Å². The van der Waals surface area contributed by atoms with E-state index in [1.807, 2.05) is 11.8 Å². The minimum absolute atomic E-state index is 0.202. The third-order valence-electron chi connectivity index (χ3n) is 3.77. The molecule has 2 heterocycles. The summed E-state index contributed by atoms with van der Waals surface area (Å²) in [4.78, 5) is 4.61. The molecule has 0 radical (unpaired) electrons. The van der Waals surface area contributed by atoms with Gasteiger partial charge in [-0.1, -0.05) is 6.42 Å². The van der Waals surface area contributed by atoms with Crippen molar-refractivity contribution in [2.24, 2.45) is 0 Å². The van der Waals surface area contributed by atoms with Gasteiger partial charge in [0.25, 0.3) is 0 Å². The Kier molecular flexibility index (Phi) is 4.51. The van der Waals surface area contributed by atoms with Gasteiger partial charge in [-0.2, -0.15) is 11.8 Å². The molecule has 1 aromatic heterocycles. The van der Waals surface area contributed by atoms with Gasteiger partial charge in [0.15, 0.2) is 0 Å². The maximum Gasteiger partial charge on any atom is 0.125 e. The van der Waals surface area contributed by atoms with Gasteiger partial charge >= 0.3 is 0 Å². The van der Waals surface area contributed by atoms with Crippen LogP contribution < -0.4 is 0 Å². The van der Waals surface area contributed by atoms with Crippen LogP contribution in [0.5, 0.6) is 0 Å². The van der Waals surface area contributed by atoms with Gasteiger partial charge in [0.2, 0.25) is 0 Å². The number of aryl methyl sites for hydroxylation is 1. The predicted molar refractivity (Wildman–Crippen MR) is 84.2 cm³/mol. The summed E-state index contributed by atoms with van der Waals surface area (Å²) in [6, 6.07) is 4.82. The van der Waals surface area contributed by atoms with E-state index < -0.39 is 0 Å².